The van der Waals surface area contributed by atoms with Gasteiger partial charge in [-0.3, -0.25) is 4.79 Å². The summed E-state index contributed by atoms with van der Waals surface area (Å²) < 4.78 is 28.2. The van der Waals surface area contributed by atoms with Crippen LogP contribution in [0.15, 0.2) is 23.1 Å². The molecule has 0 aliphatic carbocycles. The van der Waals surface area contributed by atoms with Crippen LogP contribution in [-0.4, -0.2) is 52.5 Å². The van der Waals surface area contributed by atoms with Gasteiger partial charge in [0.05, 0.1) is 15.9 Å². The molecule has 0 spiro atoms. The van der Waals surface area contributed by atoms with E-state index in [1.807, 2.05) is 6.92 Å². The number of rotatable bonds is 9. The van der Waals surface area contributed by atoms with Crippen molar-refractivity contribution in [3.63, 3.8) is 0 Å². The van der Waals surface area contributed by atoms with Gasteiger partial charge in [-0.2, -0.15) is 0 Å². The lowest BCUT2D eigenvalue weighted by atomic mass is 10.2. The summed E-state index contributed by atoms with van der Waals surface area (Å²) in [6.07, 6.45) is 2.67. The number of anilines is 1. The Kier molecular flexibility index (Phi) is 6.84. The van der Waals surface area contributed by atoms with Gasteiger partial charge in [0.2, 0.25) is 21.1 Å². The van der Waals surface area contributed by atoms with Gasteiger partial charge in [-0.05, 0) is 31.5 Å². The zero-order valence-corrected chi connectivity index (χ0v) is 19.2. The molecular weight excluding hydrogens is 424 g/mol. The van der Waals surface area contributed by atoms with Gasteiger partial charge in [0.25, 0.3) is 0 Å². The molecule has 1 N–H and O–H groups in total. The number of carbonyl (C=O) groups is 1. The van der Waals surface area contributed by atoms with Crippen LogP contribution in [-0.2, 0) is 27.8 Å². The van der Waals surface area contributed by atoms with E-state index in [1.165, 1.54) is 29.7 Å². The molecule has 0 aliphatic heterocycles. The van der Waals surface area contributed by atoms with Crippen molar-refractivity contribution in [2.45, 2.75) is 51.0 Å². The van der Waals surface area contributed by atoms with E-state index in [9.17, 15) is 13.2 Å². The lowest BCUT2D eigenvalue weighted by Crippen LogP contribution is -2.22. The number of sulfonamides is 1. The minimum Gasteiger partial charge on any atom is -0.328 e. The number of hydrogen-bond donors (Lipinski definition) is 1. The first-order chi connectivity index (χ1) is 14.2. The summed E-state index contributed by atoms with van der Waals surface area (Å²) in [6.45, 7) is 4.70. The maximum atomic E-state index is 12.5. The second kappa shape index (κ2) is 9.19. The van der Waals surface area contributed by atoms with Crippen LogP contribution in [0.2, 0.25) is 0 Å². The van der Waals surface area contributed by atoms with Crippen LogP contribution in [0.1, 0.15) is 37.0 Å². The Balaban J connectivity index is 1.85. The van der Waals surface area contributed by atoms with E-state index in [0.717, 1.165) is 35.7 Å². The summed E-state index contributed by atoms with van der Waals surface area (Å²) in [4.78, 5) is 17.2. The molecule has 162 valence electrons. The second-order valence-corrected chi connectivity index (χ2v) is 10.5. The number of nitrogens with zero attached hydrogens (tertiary/aromatic N) is 5. The SMILES string of the molecule is CCCCn1c(CCC(=O)Nc2nnc(C)s2)nc2cc(S(=O)(=O)N(C)C)ccc21. The first kappa shape index (κ1) is 22.3. The van der Waals surface area contributed by atoms with Crippen molar-refractivity contribution in [2.75, 3.05) is 19.4 Å². The molecule has 1 amide bonds. The van der Waals surface area contributed by atoms with Crippen LogP contribution >= 0.6 is 11.3 Å². The van der Waals surface area contributed by atoms with Crippen molar-refractivity contribution in [1.29, 1.82) is 0 Å². The Morgan fingerprint density at radius 3 is 2.67 bits per heavy atom. The normalized spacial score (nSPS) is 12.0. The predicted octanol–water partition coefficient (Wildman–Crippen LogP) is 2.82. The Morgan fingerprint density at radius 1 is 1.27 bits per heavy atom. The number of amides is 1. The standard InChI is InChI=1S/C19H26N6O3S2/c1-5-6-11-25-16-8-7-14(30(27,28)24(3)4)12-15(16)20-17(25)9-10-18(26)21-19-23-22-13(2)29-19/h7-8,12H,5-6,9-11H2,1-4H3,(H,21,23,26). The largest absolute Gasteiger partial charge is 0.328 e. The summed E-state index contributed by atoms with van der Waals surface area (Å²) >= 11 is 1.33. The Bertz CT molecular complexity index is 1150. The van der Waals surface area contributed by atoms with Gasteiger partial charge < -0.3 is 9.88 Å². The van der Waals surface area contributed by atoms with Crippen LogP contribution in [0.4, 0.5) is 5.13 Å². The maximum absolute atomic E-state index is 12.5. The second-order valence-electron chi connectivity index (χ2n) is 7.15. The molecular formula is C19H26N6O3S2. The lowest BCUT2D eigenvalue weighted by molar-refractivity contribution is -0.116. The van der Waals surface area contributed by atoms with E-state index >= 15 is 0 Å². The van der Waals surface area contributed by atoms with Crippen molar-refractivity contribution in [3.8, 4) is 0 Å². The van der Waals surface area contributed by atoms with Crippen LogP contribution in [0.5, 0.6) is 0 Å². The van der Waals surface area contributed by atoms with E-state index in [0.29, 0.717) is 17.1 Å². The van der Waals surface area contributed by atoms with E-state index in [2.05, 4.69) is 32.0 Å². The average molecular weight is 451 g/mol. The summed E-state index contributed by atoms with van der Waals surface area (Å²) in [5.41, 5.74) is 1.49. The van der Waals surface area contributed by atoms with Crippen molar-refractivity contribution >= 4 is 43.4 Å². The monoisotopic (exact) mass is 450 g/mol. The molecule has 0 radical (unpaired) electrons. The summed E-state index contributed by atoms with van der Waals surface area (Å²) in [5.74, 6) is 0.609. The van der Waals surface area contributed by atoms with Crippen LogP contribution in [0.25, 0.3) is 11.0 Å². The molecule has 9 nitrogen and oxygen atoms in total. The molecule has 0 saturated carbocycles. The van der Waals surface area contributed by atoms with Crippen molar-refractivity contribution in [3.05, 3.63) is 29.0 Å². The zero-order valence-electron chi connectivity index (χ0n) is 17.5. The van der Waals surface area contributed by atoms with Crippen molar-refractivity contribution in [2.24, 2.45) is 0 Å². The molecule has 3 rings (SSSR count). The van der Waals surface area contributed by atoms with Gasteiger partial charge in [0, 0.05) is 33.5 Å². The summed E-state index contributed by atoms with van der Waals surface area (Å²) in [7, 11) is -0.533. The Labute approximate surface area is 180 Å². The van der Waals surface area contributed by atoms with Gasteiger partial charge in [-0.25, -0.2) is 17.7 Å². The molecule has 0 fully saturated rings. The quantitative estimate of drug-likeness (QED) is 0.537. The molecule has 0 atom stereocenters. The molecule has 11 heteroatoms. The molecule has 0 saturated heterocycles. The molecule has 2 heterocycles. The maximum Gasteiger partial charge on any atom is 0.242 e. The van der Waals surface area contributed by atoms with E-state index < -0.39 is 10.0 Å². The van der Waals surface area contributed by atoms with Crippen LogP contribution in [0, 0.1) is 6.92 Å². The Morgan fingerprint density at radius 2 is 2.03 bits per heavy atom. The lowest BCUT2D eigenvalue weighted by Gasteiger charge is -2.11. The fraction of sp³-hybridized carbons (Fsp3) is 0.474. The van der Waals surface area contributed by atoms with Gasteiger partial charge in [0.1, 0.15) is 10.8 Å². The highest BCUT2D eigenvalue weighted by Gasteiger charge is 2.20. The van der Waals surface area contributed by atoms with E-state index in [1.54, 1.807) is 18.2 Å². The summed E-state index contributed by atoms with van der Waals surface area (Å²) in [6, 6.07) is 5.00. The fourth-order valence-corrected chi connectivity index (χ4v) is 4.57. The number of benzene rings is 1. The molecule has 1 aromatic carbocycles. The average Bonchev–Trinajstić information content (AvgIpc) is 3.26. The highest BCUT2D eigenvalue weighted by atomic mass is 32.2. The highest BCUT2D eigenvalue weighted by Crippen LogP contribution is 2.23. The number of aromatic nitrogens is 4. The van der Waals surface area contributed by atoms with Gasteiger partial charge in [-0.15, -0.1) is 10.2 Å². The first-order valence-electron chi connectivity index (χ1n) is 9.74. The smallest absolute Gasteiger partial charge is 0.242 e. The number of unbranched alkanes of at least 4 members (excludes halogenated alkanes) is 1. The minimum atomic E-state index is -3.54. The van der Waals surface area contributed by atoms with Crippen molar-refractivity contribution < 1.29 is 13.2 Å². The third kappa shape index (κ3) is 4.85. The molecule has 0 bridgehead atoms. The third-order valence-electron chi connectivity index (χ3n) is 4.66. The number of aryl methyl sites for hydroxylation is 3. The first-order valence-corrected chi connectivity index (χ1v) is 12.0. The van der Waals surface area contributed by atoms with Crippen LogP contribution in [0.3, 0.4) is 0 Å². The third-order valence-corrected chi connectivity index (χ3v) is 7.23. The van der Waals surface area contributed by atoms with Crippen LogP contribution < -0.4 is 5.32 Å². The number of carbonyl (C=O) groups excluding carboxylic acids is 1. The summed E-state index contributed by atoms with van der Waals surface area (Å²) in [5, 5.41) is 11.8. The van der Waals surface area contributed by atoms with Crippen molar-refractivity contribution in [1.82, 2.24) is 24.1 Å². The van der Waals surface area contributed by atoms with E-state index in [-0.39, 0.29) is 17.2 Å². The molecule has 0 unspecified atom stereocenters. The molecule has 3 aromatic rings. The predicted molar refractivity (Wildman–Crippen MR) is 117 cm³/mol. The molecule has 2 aromatic heterocycles. The minimum absolute atomic E-state index is 0.156. The van der Waals surface area contributed by atoms with Gasteiger partial charge in [0.15, 0.2) is 0 Å². The van der Waals surface area contributed by atoms with E-state index in [4.69, 9.17) is 0 Å². The number of hydrogen-bond acceptors (Lipinski definition) is 7. The Hall–Kier alpha value is -2.37. The highest BCUT2D eigenvalue weighted by molar-refractivity contribution is 7.89. The molecule has 0 aliphatic rings. The number of fused-ring (bicyclic) bond motifs is 1. The van der Waals surface area contributed by atoms with Gasteiger partial charge in [-0.1, -0.05) is 24.7 Å². The number of nitrogens with one attached hydrogen (secondary N) is 1. The zero-order chi connectivity index (χ0) is 21.9. The topological polar surface area (TPSA) is 110 Å². The van der Waals surface area contributed by atoms with Gasteiger partial charge >= 0.3 is 0 Å². The molecule has 30 heavy (non-hydrogen) atoms. The fourth-order valence-electron chi connectivity index (χ4n) is 3.04. The number of imidazole rings is 1.